The Morgan fingerprint density at radius 1 is 0.842 bits per heavy atom. The van der Waals surface area contributed by atoms with E-state index in [4.69, 9.17) is 4.74 Å². The van der Waals surface area contributed by atoms with Crippen LogP contribution in [0.25, 0.3) is 16.5 Å². The molecule has 0 bridgehead atoms. The van der Waals surface area contributed by atoms with Gasteiger partial charge in [0.1, 0.15) is 5.75 Å². The first-order valence-electron chi connectivity index (χ1n) is 13.2. The molecule has 0 aliphatic carbocycles. The van der Waals surface area contributed by atoms with Gasteiger partial charge in [-0.3, -0.25) is 19.1 Å². The van der Waals surface area contributed by atoms with E-state index in [1.54, 1.807) is 31.5 Å². The molecular weight excluding hydrogens is 476 g/mol. The Morgan fingerprint density at radius 2 is 1.50 bits per heavy atom. The molecule has 0 radical (unpaired) electrons. The molecule has 38 heavy (non-hydrogen) atoms. The highest BCUT2D eigenvalue weighted by atomic mass is 16.5. The summed E-state index contributed by atoms with van der Waals surface area (Å²) in [5.74, 6) is 0.536. The molecule has 0 spiro atoms. The third-order valence-electron chi connectivity index (χ3n) is 7.17. The first-order valence-corrected chi connectivity index (χ1v) is 13.2. The molecule has 1 saturated heterocycles. The van der Waals surface area contributed by atoms with Crippen LogP contribution in [0.5, 0.6) is 5.75 Å². The van der Waals surface area contributed by atoms with Crippen LogP contribution in [-0.2, 0) is 6.54 Å². The number of nitrogens with zero attached hydrogens (tertiary/aromatic N) is 3. The largest absolute Gasteiger partial charge is 0.497 e. The van der Waals surface area contributed by atoms with Crippen molar-refractivity contribution in [1.82, 2.24) is 19.7 Å². The molecule has 196 valence electrons. The van der Waals surface area contributed by atoms with Crippen molar-refractivity contribution in [3.05, 3.63) is 107 Å². The normalized spacial score (nSPS) is 14.4. The Hall–Kier alpha value is -3.94. The standard InChI is InChI=1S/C31H34N4O3/c1-38-26-14-12-25(13-15-26)35-23-29(27-10-5-6-11-28(27)31(35)37)30(36)32-16-7-17-33-18-20-34(21-19-33)22-24-8-3-2-4-9-24/h2-6,8-15,23H,7,16-22H2,1H3,(H,32,36). The molecule has 0 saturated carbocycles. The second-order valence-corrected chi connectivity index (χ2v) is 9.67. The fraction of sp³-hybridized carbons (Fsp3) is 0.290. The summed E-state index contributed by atoms with van der Waals surface area (Å²) in [6, 6.07) is 25.1. The molecule has 1 aliphatic rings. The van der Waals surface area contributed by atoms with Gasteiger partial charge in [0.25, 0.3) is 11.5 Å². The Balaban J connectivity index is 1.19. The van der Waals surface area contributed by atoms with Gasteiger partial charge < -0.3 is 15.0 Å². The van der Waals surface area contributed by atoms with Gasteiger partial charge in [-0.2, -0.15) is 0 Å². The molecule has 1 amide bonds. The maximum atomic E-state index is 13.3. The summed E-state index contributed by atoms with van der Waals surface area (Å²) in [6.07, 6.45) is 2.52. The fourth-order valence-electron chi connectivity index (χ4n) is 5.02. The van der Waals surface area contributed by atoms with Crippen molar-refractivity contribution in [2.75, 3.05) is 46.4 Å². The number of benzene rings is 3. The van der Waals surface area contributed by atoms with Crippen molar-refractivity contribution in [2.24, 2.45) is 0 Å². The molecule has 4 aromatic rings. The number of hydrogen-bond donors (Lipinski definition) is 1. The van der Waals surface area contributed by atoms with Gasteiger partial charge in [-0.15, -0.1) is 0 Å². The van der Waals surface area contributed by atoms with Gasteiger partial charge in [-0.1, -0.05) is 48.5 Å². The number of methoxy groups -OCH3 is 1. The lowest BCUT2D eigenvalue weighted by Gasteiger charge is -2.34. The number of hydrogen-bond acceptors (Lipinski definition) is 5. The van der Waals surface area contributed by atoms with Crippen molar-refractivity contribution in [1.29, 1.82) is 0 Å². The molecule has 7 heteroatoms. The van der Waals surface area contributed by atoms with Gasteiger partial charge in [-0.05, 0) is 48.9 Å². The number of rotatable bonds is 9. The van der Waals surface area contributed by atoms with Crippen LogP contribution in [0.4, 0.5) is 0 Å². The highest BCUT2D eigenvalue weighted by Gasteiger charge is 2.18. The maximum absolute atomic E-state index is 13.3. The van der Waals surface area contributed by atoms with Crippen LogP contribution in [0, 0.1) is 0 Å². The molecule has 0 unspecified atom stereocenters. The maximum Gasteiger partial charge on any atom is 0.262 e. The summed E-state index contributed by atoms with van der Waals surface area (Å²) in [4.78, 5) is 31.4. The van der Waals surface area contributed by atoms with Crippen molar-refractivity contribution >= 4 is 16.7 Å². The van der Waals surface area contributed by atoms with E-state index in [0.29, 0.717) is 34.3 Å². The summed E-state index contributed by atoms with van der Waals surface area (Å²) in [5.41, 5.74) is 2.37. The van der Waals surface area contributed by atoms with Crippen LogP contribution in [0.2, 0.25) is 0 Å². The minimum absolute atomic E-state index is 0.159. The zero-order valence-corrected chi connectivity index (χ0v) is 21.8. The number of ether oxygens (including phenoxy) is 1. The van der Waals surface area contributed by atoms with E-state index in [-0.39, 0.29) is 11.5 Å². The van der Waals surface area contributed by atoms with Crippen LogP contribution in [0.15, 0.2) is 89.9 Å². The first kappa shape index (κ1) is 25.7. The number of nitrogens with one attached hydrogen (secondary N) is 1. The average Bonchev–Trinajstić information content (AvgIpc) is 2.97. The van der Waals surface area contributed by atoms with Gasteiger partial charge in [0.2, 0.25) is 0 Å². The molecule has 1 aliphatic heterocycles. The molecular formula is C31H34N4O3. The summed E-state index contributed by atoms with van der Waals surface area (Å²) in [5, 5.41) is 4.26. The summed E-state index contributed by atoms with van der Waals surface area (Å²) in [6.45, 7) is 6.72. The Morgan fingerprint density at radius 3 is 2.21 bits per heavy atom. The van der Waals surface area contributed by atoms with E-state index in [2.05, 4.69) is 45.4 Å². The summed E-state index contributed by atoms with van der Waals surface area (Å²) < 4.78 is 6.77. The van der Waals surface area contributed by atoms with E-state index in [9.17, 15) is 9.59 Å². The van der Waals surface area contributed by atoms with E-state index >= 15 is 0 Å². The van der Waals surface area contributed by atoms with Crippen LogP contribution >= 0.6 is 0 Å². The Kier molecular flexibility index (Phi) is 8.16. The summed E-state index contributed by atoms with van der Waals surface area (Å²) >= 11 is 0. The molecule has 2 heterocycles. The third-order valence-corrected chi connectivity index (χ3v) is 7.17. The van der Waals surface area contributed by atoms with Crippen molar-refractivity contribution in [2.45, 2.75) is 13.0 Å². The monoisotopic (exact) mass is 510 g/mol. The average molecular weight is 511 g/mol. The molecule has 3 aromatic carbocycles. The molecule has 5 rings (SSSR count). The number of fused-ring (bicyclic) bond motifs is 1. The Bertz CT molecular complexity index is 1430. The molecule has 0 atom stereocenters. The van der Waals surface area contributed by atoms with Gasteiger partial charge in [0.15, 0.2) is 0 Å². The lowest BCUT2D eigenvalue weighted by molar-refractivity contribution is 0.0948. The molecule has 1 N–H and O–H groups in total. The van der Waals surface area contributed by atoms with Gasteiger partial charge in [0, 0.05) is 61.9 Å². The number of aromatic nitrogens is 1. The minimum atomic E-state index is -0.170. The van der Waals surface area contributed by atoms with Gasteiger partial charge in [0.05, 0.1) is 12.7 Å². The van der Waals surface area contributed by atoms with Crippen molar-refractivity contribution in [3.63, 3.8) is 0 Å². The van der Waals surface area contributed by atoms with Crippen LogP contribution in [-0.4, -0.2) is 66.7 Å². The topological polar surface area (TPSA) is 66.8 Å². The van der Waals surface area contributed by atoms with Crippen LogP contribution in [0.3, 0.4) is 0 Å². The van der Waals surface area contributed by atoms with E-state index in [1.807, 2.05) is 30.3 Å². The third kappa shape index (κ3) is 5.96. The highest BCUT2D eigenvalue weighted by Crippen LogP contribution is 2.19. The zero-order valence-electron chi connectivity index (χ0n) is 21.8. The van der Waals surface area contributed by atoms with E-state index in [0.717, 1.165) is 45.7 Å². The number of amides is 1. The lowest BCUT2D eigenvalue weighted by Crippen LogP contribution is -2.46. The highest BCUT2D eigenvalue weighted by molar-refractivity contribution is 6.06. The quantitative estimate of drug-likeness (QED) is 0.346. The van der Waals surface area contributed by atoms with Crippen LogP contribution < -0.4 is 15.6 Å². The number of piperazine rings is 1. The molecule has 1 aromatic heterocycles. The van der Waals surface area contributed by atoms with Gasteiger partial charge >= 0.3 is 0 Å². The summed E-state index contributed by atoms with van der Waals surface area (Å²) in [7, 11) is 1.60. The second-order valence-electron chi connectivity index (χ2n) is 9.67. The smallest absolute Gasteiger partial charge is 0.262 e. The lowest BCUT2D eigenvalue weighted by atomic mass is 10.1. The van der Waals surface area contributed by atoms with Gasteiger partial charge in [-0.25, -0.2) is 0 Å². The van der Waals surface area contributed by atoms with Crippen LogP contribution in [0.1, 0.15) is 22.3 Å². The second kappa shape index (κ2) is 12.1. The molecule has 7 nitrogen and oxygen atoms in total. The number of pyridine rings is 1. The minimum Gasteiger partial charge on any atom is -0.497 e. The number of carbonyl (C=O) groups is 1. The van der Waals surface area contributed by atoms with Crippen molar-refractivity contribution < 1.29 is 9.53 Å². The number of carbonyl (C=O) groups excluding carboxylic acids is 1. The first-order chi connectivity index (χ1) is 18.6. The van der Waals surface area contributed by atoms with Crippen molar-refractivity contribution in [3.8, 4) is 11.4 Å². The van der Waals surface area contributed by atoms with E-state index < -0.39 is 0 Å². The zero-order chi connectivity index (χ0) is 26.3. The predicted molar refractivity (Wildman–Crippen MR) is 151 cm³/mol. The fourth-order valence-corrected chi connectivity index (χ4v) is 5.02. The molecule has 1 fully saturated rings. The predicted octanol–water partition coefficient (Wildman–Crippen LogP) is 3.94. The van der Waals surface area contributed by atoms with E-state index in [1.165, 1.54) is 10.1 Å². The Labute approximate surface area is 223 Å². The SMILES string of the molecule is COc1ccc(-n2cc(C(=O)NCCCN3CCN(Cc4ccccc4)CC3)c3ccccc3c2=O)cc1.